The van der Waals surface area contributed by atoms with Crippen molar-refractivity contribution in [2.45, 2.75) is 6.92 Å². The van der Waals surface area contributed by atoms with E-state index in [0.29, 0.717) is 12.3 Å². The van der Waals surface area contributed by atoms with E-state index in [0.717, 1.165) is 5.75 Å². The fourth-order valence-corrected chi connectivity index (χ4v) is 1.69. The van der Waals surface area contributed by atoms with Crippen LogP contribution in [0, 0.1) is 12.3 Å². The number of carbonyl (C=O) groups is 2. The Balaban J connectivity index is 2.55. The fourth-order valence-electron chi connectivity index (χ4n) is 1.69. The molecule has 0 saturated heterocycles. The summed E-state index contributed by atoms with van der Waals surface area (Å²) in [5, 5.41) is 11.4. The van der Waals surface area contributed by atoms with E-state index in [1.807, 2.05) is 6.92 Å². The summed E-state index contributed by atoms with van der Waals surface area (Å²) in [6, 6.07) is 6.92. The number of carbonyl (C=O) groups excluding carboxylic acids is 1. The van der Waals surface area contributed by atoms with E-state index < -0.39 is 5.97 Å². The van der Waals surface area contributed by atoms with Gasteiger partial charge in [-0.1, -0.05) is 5.92 Å². The minimum Gasteiger partial charge on any atom is -0.494 e. The molecular weight excluding hydrogens is 272 g/mol. The molecule has 0 spiro atoms. The molecular formula is C15H18N2O4. The lowest BCUT2D eigenvalue weighted by Crippen LogP contribution is -2.37. The summed E-state index contributed by atoms with van der Waals surface area (Å²) in [5.41, 5.74) is 0.611. The molecule has 0 radical (unpaired) electrons. The Hall–Kier alpha value is -2.52. The summed E-state index contributed by atoms with van der Waals surface area (Å²) in [6.45, 7) is 2.20. The number of terminal acetylenes is 1. The second-order valence-corrected chi connectivity index (χ2v) is 4.25. The van der Waals surface area contributed by atoms with Crippen molar-refractivity contribution < 1.29 is 19.4 Å². The van der Waals surface area contributed by atoms with Crippen molar-refractivity contribution in [1.29, 1.82) is 0 Å². The Morgan fingerprint density at radius 1 is 1.33 bits per heavy atom. The van der Waals surface area contributed by atoms with E-state index in [-0.39, 0.29) is 25.5 Å². The number of benzene rings is 1. The number of nitrogens with zero attached hydrogens (tertiary/aromatic N) is 1. The molecule has 0 saturated carbocycles. The molecule has 0 bridgehead atoms. The Kier molecular flexibility index (Phi) is 6.78. The number of ether oxygens (including phenoxy) is 1. The normalized spacial score (nSPS) is 9.95. The van der Waals surface area contributed by atoms with Crippen molar-refractivity contribution in [2.75, 3.05) is 31.6 Å². The summed E-state index contributed by atoms with van der Waals surface area (Å²) in [6.07, 6.45) is 5.15. The lowest BCUT2D eigenvalue weighted by molar-refractivity contribution is -0.138. The van der Waals surface area contributed by atoms with Crippen molar-refractivity contribution >= 4 is 17.6 Å². The van der Waals surface area contributed by atoms with Crippen LogP contribution >= 0.6 is 0 Å². The molecule has 0 aromatic heterocycles. The zero-order valence-corrected chi connectivity index (χ0v) is 11.8. The van der Waals surface area contributed by atoms with Crippen molar-refractivity contribution in [3.05, 3.63) is 24.3 Å². The number of amides is 1. The van der Waals surface area contributed by atoms with Crippen LogP contribution in [0.15, 0.2) is 24.3 Å². The summed E-state index contributed by atoms with van der Waals surface area (Å²) in [5.74, 6) is 1.70. The monoisotopic (exact) mass is 290 g/mol. The van der Waals surface area contributed by atoms with Crippen LogP contribution in [0.1, 0.15) is 6.92 Å². The quantitative estimate of drug-likeness (QED) is 0.699. The molecule has 1 aromatic carbocycles. The Morgan fingerprint density at radius 2 is 2.00 bits per heavy atom. The molecule has 21 heavy (non-hydrogen) atoms. The first-order valence-electron chi connectivity index (χ1n) is 6.45. The zero-order valence-electron chi connectivity index (χ0n) is 11.8. The maximum Gasteiger partial charge on any atom is 0.317 e. The van der Waals surface area contributed by atoms with Gasteiger partial charge in [0.05, 0.1) is 26.2 Å². The highest BCUT2D eigenvalue weighted by Crippen LogP contribution is 2.15. The Bertz CT molecular complexity index is 519. The van der Waals surface area contributed by atoms with E-state index in [1.54, 1.807) is 24.3 Å². The molecule has 112 valence electrons. The third-order valence-electron chi connectivity index (χ3n) is 2.49. The number of nitrogens with one attached hydrogen (secondary N) is 1. The number of hydrogen-bond donors (Lipinski definition) is 2. The van der Waals surface area contributed by atoms with Crippen molar-refractivity contribution in [1.82, 2.24) is 4.90 Å². The summed E-state index contributed by atoms with van der Waals surface area (Å²) in [4.78, 5) is 23.9. The van der Waals surface area contributed by atoms with E-state index in [1.165, 1.54) is 4.90 Å². The average Bonchev–Trinajstić information content (AvgIpc) is 2.40. The van der Waals surface area contributed by atoms with Gasteiger partial charge in [0.25, 0.3) is 0 Å². The molecule has 0 unspecified atom stereocenters. The van der Waals surface area contributed by atoms with Gasteiger partial charge in [-0.3, -0.25) is 14.5 Å². The number of carboxylic acid groups (broad SMARTS) is 1. The summed E-state index contributed by atoms with van der Waals surface area (Å²) < 4.78 is 5.30. The largest absolute Gasteiger partial charge is 0.494 e. The smallest absolute Gasteiger partial charge is 0.317 e. The summed E-state index contributed by atoms with van der Waals surface area (Å²) in [7, 11) is 0. The molecule has 0 fully saturated rings. The second kappa shape index (κ2) is 8.61. The van der Waals surface area contributed by atoms with Crippen LogP contribution < -0.4 is 10.1 Å². The van der Waals surface area contributed by atoms with Gasteiger partial charge in [-0.05, 0) is 31.2 Å². The van der Waals surface area contributed by atoms with Gasteiger partial charge in [-0.15, -0.1) is 6.42 Å². The molecule has 1 aromatic rings. The first-order chi connectivity index (χ1) is 10.0. The lowest BCUT2D eigenvalue weighted by Gasteiger charge is -2.16. The zero-order chi connectivity index (χ0) is 15.7. The lowest BCUT2D eigenvalue weighted by atomic mass is 10.3. The van der Waals surface area contributed by atoms with Crippen molar-refractivity contribution in [3.8, 4) is 18.1 Å². The van der Waals surface area contributed by atoms with Gasteiger partial charge in [-0.2, -0.15) is 0 Å². The SMILES string of the molecule is C#CCN(CC(=O)O)CC(=O)Nc1ccc(OCC)cc1. The van der Waals surface area contributed by atoms with Gasteiger partial charge in [0.2, 0.25) is 5.91 Å². The first kappa shape index (κ1) is 16.5. The molecule has 1 rings (SSSR count). The number of anilines is 1. The van der Waals surface area contributed by atoms with Crippen LogP contribution in [0.25, 0.3) is 0 Å². The number of rotatable bonds is 8. The minimum absolute atomic E-state index is 0.0797. The predicted octanol–water partition coefficient (Wildman–Crippen LogP) is 1.04. The van der Waals surface area contributed by atoms with Crippen LogP contribution in [0.2, 0.25) is 0 Å². The van der Waals surface area contributed by atoms with Crippen LogP contribution in [0.4, 0.5) is 5.69 Å². The highest BCUT2D eigenvalue weighted by Gasteiger charge is 2.13. The van der Waals surface area contributed by atoms with Crippen LogP contribution in [0.3, 0.4) is 0 Å². The van der Waals surface area contributed by atoms with E-state index in [4.69, 9.17) is 16.3 Å². The van der Waals surface area contributed by atoms with E-state index in [2.05, 4.69) is 11.2 Å². The molecule has 6 heteroatoms. The molecule has 0 aliphatic heterocycles. The minimum atomic E-state index is -1.03. The van der Waals surface area contributed by atoms with Gasteiger partial charge < -0.3 is 15.2 Å². The number of carboxylic acids is 1. The van der Waals surface area contributed by atoms with Gasteiger partial charge in [-0.25, -0.2) is 0 Å². The maximum absolute atomic E-state index is 11.8. The predicted molar refractivity (Wildman–Crippen MR) is 79.1 cm³/mol. The van der Waals surface area contributed by atoms with Crippen LogP contribution in [0.5, 0.6) is 5.75 Å². The van der Waals surface area contributed by atoms with Gasteiger partial charge in [0.1, 0.15) is 5.75 Å². The van der Waals surface area contributed by atoms with Crippen LogP contribution in [-0.4, -0.2) is 48.1 Å². The van der Waals surface area contributed by atoms with E-state index >= 15 is 0 Å². The summed E-state index contributed by atoms with van der Waals surface area (Å²) >= 11 is 0. The molecule has 1 amide bonds. The average molecular weight is 290 g/mol. The molecule has 2 N–H and O–H groups in total. The van der Waals surface area contributed by atoms with Gasteiger partial charge >= 0.3 is 5.97 Å². The third-order valence-corrected chi connectivity index (χ3v) is 2.49. The molecule has 0 aliphatic rings. The first-order valence-corrected chi connectivity index (χ1v) is 6.45. The van der Waals surface area contributed by atoms with Gasteiger partial charge in [0.15, 0.2) is 0 Å². The highest BCUT2D eigenvalue weighted by atomic mass is 16.5. The number of hydrogen-bond acceptors (Lipinski definition) is 4. The topological polar surface area (TPSA) is 78.9 Å². The van der Waals surface area contributed by atoms with Crippen molar-refractivity contribution in [2.24, 2.45) is 0 Å². The molecule has 0 aliphatic carbocycles. The van der Waals surface area contributed by atoms with Gasteiger partial charge in [0, 0.05) is 5.69 Å². The maximum atomic E-state index is 11.8. The molecule has 0 atom stereocenters. The van der Waals surface area contributed by atoms with E-state index in [9.17, 15) is 9.59 Å². The molecule has 6 nitrogen and oxygen atoms in total. The second-order valence-electron chi connectivity index (χ2n) is 4.25. The third kappa shape index (κ3) is 6.45. The number of aliphatic carboxylic acids is 1. The fraction of sp³-hybridized carbons (Fsp3) is 0.333. The van der Waals surface area contributed by atoms with Crippen LogP contribution in [-0.2, 0) is 9.59 Å². The standard InChI is InChI=1S/C15H18N2O4/c1-3-9-17(11-15(19)20)10-14(18)16-12-5-7-13(8-6-12)21-4-2/h1,5-8H,4,9-11H2,2H3,(H,16,18)(H,19,20). The Morgan fingerprint density at radius 3 is 2.52 bits per heavy atom. The molecule has 0 heterocycles. The highest BCUT2D eigenvalue weighted by molar-refractivity contribution is 5.92. The van der Waals surface area contributed by atoms with Crippen molar-refractivity contribution in [3.63, 3.8) is 0 Å². The Labute approximate surface area is 123 Å².